The fourth-order valence-electron chi connectivity index (χ4n) is 1.79. The van der Waals surface area contributed by atoms with E-state index in [2.05, 4.69) is 20.6 Å². The van der Waals surface area contributed by atoms with Crippen LogP contribution >= 0.6 is 11.3 Å². The number of nitrogens with one attached hydrogen (secondary N) is 2. The number of nitrogens with zero attached hydrogens (tertiary/aromatic N) is 3. The number of amides is 1. The first-order valence-electron chi connectivity index (χ1n) is 6.06. The molecule has 0 radical (unpaired) electrons. The van der Waals surface area contributed by atoms with Crippen LogP contribution in [0.25, 0.3) is 10.2 Å². The lowest BCUT2D eigenvalue weighted by Crippen LogP contribution is -2.35. The van der Waals surface area contributed by atoms with E-state index in [-0.39, 0.29) is 12.5 Å². The monoisotopic (exact) mass is 279 g/mol. The molecule has 19 heavy (non-hydrogen) atoms. The molecular weight excluding hydrogens is 262 g/mol. The summed E-state index contributed by atoms with van der Waals surface area (Å²) in [5.74, 6) is 1.31. The summed E-state index contributed by atoms with van der Waals surface area (Å²) in [4.78, 5) is 23.2. The van der Waals surface area contributed by atoms with Gasteiger partial charge in [0, 0.05) is 20.6 Å². The number of hydrogen-bond acceptors (Lipinski definition) is 6. The molecule has 0 saturated carbocycles. The highest BCUT2D eigenvalue weighted by atomic mass is 32.1. The number of fused-ring (bicyclic) bond motifs is 1. The zero-order valence-electron chi connectivity index (χ0n) is 11.2. The largest absolute Gasteiger partial charge is 0.357 e. The van der Waals surface area contributed by atoms with Gasteiger partial charge in [0.15, 0.2) is 0 Å². The molecule has 0 fully saturated rings. The maximum Gasteiger partial charge on any atom is 0.239 e. The number of carbonyl (C=O) groups excluding carboxylic acids is 1. The summed E-state index contributed by atoms with van der Waals surface area (Å²) in [7, 11) is 3.64. The van der Waals surface area contributed by atoms with Crippen LogP contribution in [0.3, 0.4) is 0 Å². The average molecular weight is 279 g/mol. The van der Waals surface area contributed by atoms with Crippen molar-refractivity contribution in [3.8, 4) is 0 Å². The average Bonchev–Trinajstić information content (AvgIpc) is 2.85. The lowest BCUT2D eigenvalue weighted by atomic mass is 10.3. The van der Waals surface area contributed by atoms with Crippen LogP contribution in [-0.4, -0.2) is 43.1 Å². The van der Waals surface area contributed by atoms with Crippen molar-refractivity contribution in [3.05, 3.63) is 11.4 Å². The number of anilines is 2. The SMILES string of the molecule is CCNC(=O)CN(C)c1nc(NC)nc2sccc12. The Morgan fingerprint density at radius 1 is 1.47 bits per heavy atom. The number of thiophene rings is 1. The summed E-state index contributed by atoms with van der Waals surface area (Å²) in [6, 6.07) is 1.98. The Hall–Kier alpha value is -1.89. The molecule has 6 nitrogen and oxygen atoms in total. The molecule has 0 aliphatic rings. The number of hydrogen-bond donors (Lipinski definition) is 2. The number of rotatable bonds is 5. The fraction of sp³-hybridized carbons (Fsp3) is 0.417. The summed E-state index contributed by atoms with van der Waals surface area (Å²) in [5, 5.41) is 8.66. The van der Waals surface area contributed by atoms with E-state index in [1.807, 2.05) is 30.3 Å². The van der Waals surface area contributed by atoms with Crippen LogP contribution in [0.1, 0.15) is 6.92 Å². The molecule has 0 unspecified atom stereocenters. The van der Waals surface area contributed by atoms with Crippen LogP contribution < -0.4 is 15.5 Å². The minimum absolute atomic E-state index is 0.0157. The van der Waals surface area contributed by atoms with Gasteiger partial charge in [-0.15, -0.1) is 11.3 Å². The topological polar surface area (TPSA) is 70.2 Å². The molecule has 2 rings (SSSR count). The van der Waals surface area contributed by atoms with Gasteiger partial charge in [-0.1, -0.05) is 0 Å². The van der Waals surface area contributed by atoms with Crippen molar-refractivity contribution in [2.75, 3.05) is 37.4 Å². The second-order valence-corrected chi connectivity index (χ2v) is 4.96. The molecule has 2 N–H and O–H groups in total. The highest BCUT2D eigenvalue weighted by molar-refractivity contribution is 7.16. The number of aromatic nitrogens is 2. The normalized spacial score (nSPS) is 10.5. The minimum atomic E-state index is -0.0157. The highest BCUT2D eigenvalue weighted by Gasteiger charge is 2.14. The van der Waals surface area contributed by atoms with Gasteiger partial charge in [-0.3, -0.25) is 4.79 Å². The third-order valence-corrected chi connectivity index (χ3v) is 3.45. The first kappa shape index (κ1) is 13.5. The van der Waals surface area contributed by atoms with Gasteiger partial charge in [-0.05, 0) is 18.4 Å². The van der Waals surface area contributed by atoms with Crippen molar-refractivity contribution in [2.45, 2.75) is 6.92 Å². The van der Waals surface area contributed by atoms with Crippen LogP contribution in [0.4, 0.5) is 11.8 Å². The summed E-state index contributed by atoms with van der Waals surface area (Å²) >= 11 is 1.56. The zero-order chi connectivity index (χ0) is 13.8. The van der Waals surface area contributed by atoms with Crippen molar-refractivity contribution in [1.29, 1.82) is 0 Å². The van der Waals surface area contributed by atoms with Crippen LogP contribution in [0.15, 0.2) is 11.4 Å². The van der Waals surface area contributed by atoms with E-state index in [1.54, 1.807) is 18.4 Å². The van der Waals surface area contributed by atoms with Crippen LogP contribution in [-0.2, 0) is 4.79 Å². The van der Waals surface area contributed by atoms with Crippen molar-refractivity contribution < 1.29 is 4.79 Å². The molecule has 0 aliphatic heterocycles. The van der Waals surface area contributed by atoms with Crippen LogP contribution in [0, 0.1) is 0 Å². The maximum absolute atomic E-state index is 11.6. The first-order valence-corrected chi connectivity index (χ1v) is 6.94. The minimum Gasteiger partial charge on any atom is -0.357 e. The van der Waals surface area contributed by atoms with Crippen LogP contribution in [0.2, 0.25) is 0 Å². The molecular formula is C12H17N5OS. The number of likely N-dealkylation sites (N-methyl/N-ethyl adjacent to an activating group) is 2. The maximum atomic E-state index is 11.6. The van der Waals surface area contributed by atoms with Gasteiger partial charge in [0.2, 0.25) is 11.9 Å². The smallest absolute Gasteiger partial charge is 0.239 e. The van der Waals surface area contributed by atoms with E-state index in [0.29, 0.717) is 12.5 Å². The van der Waals surface area contributed by atoms with E-state index in [0.717, 1.165) is 16.0 Å². The Morgan fingerprint density at radius 3 is 2.95 bits per heavy atom. The quantitative estimate of drug-likeness (QED) is 0.863. The van der Waals surface area contributed by atoms with Gasteiger partial charge in [0.1, 0.15) is 10.6 Å². The summed E-state index contributed by atoms with van der Waals surface area (Å²) in [6.45, 7) is 2.81. The second kappa shape index (κ2) is 5.83. The standard InChI is InChI=1S/C12H17N5OS/c1-4-14-9(18)7-17(3)10-8-5-6-19-11(8)16-12(13-2)15-10/h5-6H,4,7H2,1-3H3,(H,14,18)(H,13,15,16). The lowest BCUT2D eigenvalue weighted by molar-refractivity contribution is -0.119. The molecule has 0 aromatic carbocycles. The highest BCUT2D eigenvalue weighted by Crippen LogP contribution is 2.28. The third kappa shape index (κ3) is 2.93. The fourth-order valence-corrected chi connectivity index (χ4v) is 2.54. The van der Waals surface area contributed by atoms with Gasteiger partial charge in [-0.25, -0.2) is 4.98 Å². The Kier molecular flexibility index (Phi) is 4.16. The summed E-state index contributed by atoms with van der Waals surface area (Å²) in [6.07, 6.45) is 0. The molecule has 0 atom stereocenters. The first-order chi connectivity index (χ1) is 9.15. The zero-order valence-corrected chi connectivity index (χ0v) is 12.0. The predicted molar refractivity (Wildman–Crippen MR) is 78.9 cm³/mol. The van der Waals surface area contributed by atoms with E-state index < -0.39 is 0 Å². The Labute approximate surface area is 115 Å². The Bertz CT molecular complexity index is 583. The van der Waals surface area contributed by atoms with Gasteiger partial charge >= 0.3 is 0 Å². The molecule has 0 spiro atoms. The van der Waals surface area contributed by atoms with Crippen LogP contribution in [0.5, 0.6) is 0 Å². The molecule has 102 valence electrons. The third-order valence-electron chi connectivity index (χ3n) is 2.64. The Morgan fingerprint density at radius 2 is 2.26 bits per heavy atom. The molecule has 7 heteroatoms. The Balaban J connectivity index is 2.32. The predicted octanol–water partition coefficient (Wildman–Crippen LogP) is 1.31. The summed E-state index contributed by atoms with van der Waals surface area (Å²) < 4.78 is 0. The summed E-state index contributed by atoms with van der Waals surface area (Å²) in [5.41, 5.74) is 0. The molecule has 2 heterocycles. The molecule has 1 amide bonds. The van der Waals surface area contributed by atoms with Gasteiger partial charge < -0.3 is 15.5 Å². The molecule has 0 aliphatic carbocycles. The van der Waals surface area contributed by atoms with E-state index in [9.17, 15) is 4.79 Å². The lowest BCUT2D eigenvalue weighted by Gasteiger charge is -2.18. The van der Waals surface area contributed by atoms with Crippen molar-refractivity contribution in [3.63, 3.8) is 0 Å². The molecule has 0 bridgehead atoms. The van der Waals surface area contributed by atoms with Crippen molar-refractivity contribution in [1.82, 2.24) is 15.3 Å². The van der Waals surface area contributed by atoms with Gasteiger partial charge in [0.05, 0.1) is 11.9 Å². The van der Waals surface area contributed by atoms with Crippen molar-refractivity contribution >= 4 is 39.2 Å². The van der Waals surface area contributed by atoms with Gasteiger partial charge in [-0.2, -0.15) is 4.98 Å². The molecule has 2 aromatic heterocycles. The van der Waals surface area contributed by atoms with Crippen molar-refractivity contribution in [2.24, 2.45) is 0 Å². The second-order valence-electron chi connectivity index (χ2n) is 4.07. The van der Waals surface area contributed by atoms with E-state index in [1.165, 1.54) is 0 Å². The molecule has 2 aromatic rings. The van der Waals surface area contributed by atoms with E-state index in [4.69, 9.17) is 0 Å². The van der Waals surface area contributed by atoms with Gasteiger partial charge in [0.25, 0.3) is 0 Å². The molecule has 0 saturated heterocycles. The van der Waals surface area contributed by atoms with E-state index >= 15 is 0 Å². The number of carbonyl (C=O) groups is 1.